The number of benzene rings is 1. The van der Waals surface area contributed by atoms with Crippen LogP contribution in [0.2, 0.25) is 0 Å². The normalized spacial score (nSPS) is 16.7. The summed E-state index contributed by atoms with van der Waals surface area (Å²) >= 11 is 0. The number of amides is 3. The van der Waals surface area contributed by atoms with Gasteiger partial charge in [0.05, 0.1) is 12.8 Å². The van der Waals surface area contributed by atoms with E-state index in [-0.39, 0.29) is 6.54 Å². The molecule has 1 heterocycles. The number of piperazine rings is 1. The van der Waals surface area contributed by atoms with Crippen molar-refractivity contribution in [2.45, 2.75) is 0 Å². The number of hydrogen-bond donors (Lipinski definition) is 2. The van der Waals surface area contributed by atoms with Crippen LogP contribution in [0.3, 0.4) is 0 Å². The fourth-order valence-electron chi connectivity index (χ4n) is 2.27. The Labute approximate surface area is 135 Å². The van der Waals surface area contributed by atoms with Crippen LogP contribution in [0, 0.1) is 0 Å². The first-order chi connectivity index (χ1) is 10.8. The molecule has 1 aromatic rings. The van der Waals surface area contributed by atoms with E-state index in [0.29, 0.717) is 31.9 Å². The van der Waals surface area contributed by atoms with Crippen molar-refractivity contribution in [3.8, 4) is 0 Å². The van der Waals surface area contributed by atoms with Crippen molar-refractivity contribution in [2.24, 2.45) is 0 Å². The largest absolute Gasteiger partial charge is 0.325 e. The van der Waals surface area contributed by atoms with Crippen LogP contribution in [0.1, 0.15) is 0 Å². The Bertz CT molecular complexity index is 655. The average Bonchev–Trinajstić information content (AvgIpc) is 2.47. The number of nitrogens with zero attached hydrogens (tertiary/aromatic N) is 2. The molecule has 1 aliphatic heterocycles. The minimum absolute atomic E-state index is 0.0554. The molecule has 1 aliphatic rings. The molecular weight excluding hydrogens is 320 g/mol. The number of urea groups is 1. The molecule has 9 heteroatoms. The van der Waals surface area contributed by atoms with E-state index in [1.54, 1.807) is 24.3 Å². The number of para-hydroxylation sites is 1. The third kappa shape index (κ3) is 5.62. The number of anilines is 1. The number of nitrogens with one attached hydrogen (secondary N) is 2. The highest BCUT2D eigenvalue weighted by Gasteiger charge is 2.24. The summed E-state index contributed by atoms with van der Waals surface area (Å²) in [5, 5.41) is 4.81. The molecule has 0 aromatic heterocycles. The number of carbonyl (C=O) groups is 2. The second-order valence-corrected chi connectivity index (χ2v) is 7.29. The molecule has 0 unspecified atom stereocenters. The summed E-state index contributed by atoms with van der Waals surface area (Å²) in [5.41, 5.74) is 0.597. The highest BCUT2D eigenvalue weighted by atomic mass is 32.2. The van der Waals surface area contributed by atoms with Gasteiger partial charge in [-0.05, 0) is 12.1 Å². The molecule has 126 valence electrons. The fraction of sp³-hybridized carbons (Fsp3) is 0.429. The minimum atomic E-state index is -3.19. The first-order valence-electron chi connectivity index (χ1n) is 7.18. The molecule has 3 amide bonds. The van der Waals surface area contributed by atoms with E-state index >= 15 is 0 Å². The molecule has 8 nitrogen and oxygen atoms in total. The molecule has 0 radical (unpaired) electrons. The van der Waals surface area contributed by atoms with Gasteiger partial charge in [0.2, 0.25) is 15.9 Å². The van der Waals surface area contributed by atoms with Gasteiger partial charge in [-0.25, -0.2) is 13.2 Å². The van der Waals surface area contributed by atoms with Gasteiger partial charge in [-0.3, -0.25) is 15.0 Å². The monoisotopic (exact) mass is 340 g/mol. The van der Waals surface area contributed by atoms with Crippen molar-refractivity contribution in [3.05, 3.63) is 30.3 Å². The molecular formula is C14H20N4O4S. The van der Waals surface area contributed by atoms with Gasteiger partial charge in [0.25, 0.3) is 0 Å². The van der Waals surface area contributed by atoms with Crippen LogP contribution in [0.15, 0.2) is 30.3 Å². The zero-order valence-corrected chi connectivity index (χ0v) is 13.7. The van der Waals surface area contributed by atoms with E-state index in [4.69, 9.17) is 0 Å². The third-order valence-corrected chi connectivity index (χ3v) is 4.76. The highest BCUT2D eigenvalue weighted by molar-refractivity contribution is 7.88. The number of sulfonamides is 1. The lowest BCUT2D eigenvalue weighted by Crippen LogP contribution is -2.51. The lowest BCUT2D eigenvalue weighted by atomic mass is 10.3. The van der Waals surface area contributed by atoms with Crippen LogP contribution in [0.25, 0.3) is 0 Å². The van der Waals surface area contributed by atoms with E-state index in [0.717, 1.165) is 0 Å². The Morgan fingerprint density at radius 3 is 2.26 bits per heavy atom. The Morgan fingerprint density at radius 1 is 1.09 bits per heavy atom. The topological polar surface area (TPSA) is 98.8 Å². The number of carbonyl (C=O) groups excluding carboxylic acids is 2. The molecule has 0 saturated carbocycles. The van der Waals surface area contributed by atoms with Crippen molar-refractivity contribution in [2.75, 3.05) is 44.3 Å². The summed E-state index contributed by atoms with van der Waals surface area (Å²) in [6.07, 6.45) is 1.17. The lowest BCUT2D eigenvalue weighted by molar-refractivity contribution is -0.121. The Kier molecular flexibility index (Phi) is 5.69. The van der Waals surface area contributed by atoms with Gasteiger partial charge in [0.15, 0.2) is 0 Å². The van der Waals surface area contributed by atoms with E-state index in [1.165, 1.54) is 10.6 Å². The van der Waals surface area contributed by atoms with Crippen LogP contribution in [0.4, 0.5) is 10.5 Å². The molecule has 2 N–H and O–H groups in total. The zero-order chi connectivity index (χ0) is 16.9. The highest BCUT2D eigenvalue weighted by Crippen LogP contribution is 2.06. The summed E-state index contributed by atoms with van der Waals surface area (Å²) in [6.45, 7) is 1.67. The zero-order valence-electron chi connectivity index (χ0n) is 12.9. The summed E-state index contributed by atoms with van der Waals surface area (Å²) in [5.74, 6) is -0.425. The van der Waals surface area contributed by atoms with Gasteiger partial charge >= 0.3 is 6.03 Å². The summed E-state index contributed by atoms with van der Waals surface area (Å²) in [7, 11) is -3.19. The van der Waals surface area contributed by atoms with Gasteiger partial charge in [0.1, 0.15) is 0 Å². The van der Waals surface area contributed by atoms with E-state index in [9.17, 15) is 18.0 Å². The molecule has 1 fully saturated rings. The van der Waals surface area contributed by atoms with Crippen LogP contribution < -0.4 is 10.6 Å². The Hall–Kier alpha value is -1.97. The lowest BCUT2D eigenvalue weighted by Gasteiger charge is -2.32. The molecule has 2 rings (SSSR count). The molecule has 0 aliphatic carbocycles. The van der Waals surface area contributed by atoms with Crippen LogP contribution in [-0.4, -0.2) is 68.5 Å². The van der Waals surface area contributed by atoms with Crippen molar-refractivity contribution in [3.63, 3.8) is 0 Å². The van der Waals surface area contributed by atoms with E-state index < -0.39 is 22.0 Å². The Morgan fingerprint density at radius 2 is 1.70 bits per heavy atom. The van der Waals surface area contributed by atoms with E-state index in [1.807, 2.05) is 11.0 Å². The third-order valence-electron chi connectivity index (χ3n) is 3.45. The molecule has 1 saturated heterocycles. The average molecular weight is 340 g/mol. The van der Waals surface area contributed by atoms with Crippen molar-refractivity contribution in [1.82, 2.24) is 14.5 Å². The number of hydrogen-bond acceptors (Lipinski definition) is 5. The van der Waals surface area contributed by atoms with Gasteiger partial charge < -0.3 is 5.32 Å². The van der Waals surface area contributed by atoms with Crippen molar-refractivity contribution >= 4 is 27.6 Å². The summed E-state index contributed by atoms with van der Waals surface area (Å²) in [6, 6.07) is 8.22. The maximum Gasteiger partial charge on any atom is 0.325 e. The van der Waals surface area contributed by atoms with Crippen molar-refractivity contribution < 1.29 is 18.0 Å². The van der Waals surface area contributed by atoms with Gasteiger partial charge in [-0.1, -0.05) is 18.2 Å². The van der Waals surface area contributed by atoms with Gasteiger partial charge in [-0.2, -0.15) is 4.31 Å². The van der Waals surface area contributed by atoms with Crippen LogP contribution >= 0.6 is 0 Å². The van der Waals surface area contributed by atoms with Crippen molar-refractivity contribution in [1.29, 1.82) is 0 Å². The molecule has 1 aromatic carbocycles. The van der Waals surface area contributed by atoms with Gasteiger partial charge in [0, 0.05) is 31.9 Å². The summed E-state index contributed by atoms with van der Waals surface area (Å²) < 4.78 is 24.2. The Balaban J connectivity index is 1.74. The SMILES string of the molecule is CS(=O)(=O)N1CCN(CC(=O)NC(=O)Nc2ccccc2)CC1. The predicted molar refractivity (Wildman–Crippen MR) is 86.5 cm³/mol. The second kappa shape index (κ2) is 7.53. The quantitative estimate of drug-likeness (QED) is 0.798. The molecule has 0 atom stereocenters. The standard InChI is InChI=1S/C14H20N4O4S/c1-23(21,22)18-9-7-17(8-10-18)11-13(19)16-14(20)15-12-5-3-2-4-6-12/h2-6H,7-11H2,1H3,(H2,15,16,19,20). The number of rotatable bonds is 4. The van der Waals surface area contributed by atoms with Crippen LogP contribution in [-0.2, 0) is 14.8 Å². The fourth-order valence-corrected chi connectivity index (χ4v) is 3.10. The molecule has 0 bridgehead atoms. The number of imide groups is 1. The first-order valence-corrected chi connectivity index (χ1v) is 9.03. The van der Waals surface area contributed by atoms with Crippen LogP contribution in [0.5, 0.6) is 0 Å². The van der Waals surface area contributed by atoms with Gasteiger partial charge in [-0.15, -0.1) is 0 Å². The molecule has 23 heavy (non-hydrogen) atoms. The second-order valence-electron chi connectivity index (χ2n) is 5.31. The maximum absolute atomic E-state index is 11.8. The smallest absolute Gasteiger partial charge is 0.308 e. The maximum atomic E-state index is 11.8. The first kappa shape index (κ1) is 17.4. The van der Waals surface area contributed by atoms with E-state index in [2.05, 4.69) is 10.6 Å². The molecule has 0 spiro atoms. The summed E-state index contributed by atoms with van der Waals surface area (Å²) in [4.78, 5) is 25.4. The minimum Gasteiger partial charge on any atom is -0.308 e. The predicted octanol–water partition coefficient (Wildman–Crippen LogP) is -0.0881.